The van der Waals surface area contributed by atoms with Crippen molar-refractivity contribution in [2.45, 2.75) is 52.0 Å². The number of hydrogen-bond acceptors (Lipinski definition) is 2. The average Bonchev–Trinajstić information content (AvgIpc) is 2.38. The molecule has 0 aliphatic carbocycles. The van der Waals surface area contributed by atoms with Gasteiger partial charge >= 0.3 is 0 Å². The predicted molar refractivity (Wildman–Crippen MR) is 81.6 cm³/mol. The van der Waals surface area contributed by atoms with E-state index in [1.54, 1.807) is 18.2 Å². The molecule has 0 aromatic heterocycles. The maximum atomic E-state index is 12.1. The number of hydrogen-bond donors (Lipinski definition) is 2. The average molecular weight is 283 g/mol. The van der Waals surface area contributed by atoms with Gasteiger partial charge in [-0.25, -0.2) is 0 Å². The molecule has 0 heterocycles. The molecular formula is C15H23ClN2O. The molecule has 1 atom stereocenters. The molecule has 0 spiro atoms. The van der Waals surface area contributed by atoms with E-state index < -0.39 is 0 Å². The van der Waals surface area contributed by atoms with E-state index >= 15 is 0 Å². The van der Waals surface area contributed by atoms with E-state index in [9.17, 15) is 4.79 Å². The van der Waals surface area contributed by atoms with E-state index in [0.717, 1.165) is 12.8 Å². The van der Waals surface area contributed by atoms with Crippen molar-refractivity contribution < 1.29 is 4.79 Å². The molecular weight excluding hydrogens is 260 g/mol. The van der Waals surface area contributed by atoms with Crippen LogP contribution in [0.2, 0.25) is 5.02 Å². The van der Waals surface area contributed by atoms with Crippen molar-refractivity contribution in [3.05, 3.63) is 28.8 Å². The van der Waals surface area contributed by atoms with Crippen LogP contribution >= 0.6 is 11.6 Å². The fourth-order valence-corrected chi connectivity index (χ4v) is 2.16. The van der Waals surface area contributed by atoms with Crippen LogP contribution in [-0.2, 0) is 0 Å². The SMILES string of the molecule is CCCCCCC(C)NC(=O)c1cccc(Cl)c1N. The number of halogens is 1. The molecule has 0 bridgehead atoms. The van der Waals surface area contributed by atoms with Crippen molar-refractivity contribution in [2.75, 3.05) is 5.73 Å². The van der Waals surface area contributed by atoms with E-state index in [1.165, 1.54) is 19.3 Å². The zero-order valence-electron chi connectivity index (χ0n) is 11.7. The van der Waals surface area contributed by atoms with Crippen molar-refractivity contribution in [1.29, 1.82) is 0 Å². The number of carbonyl (C=O) groups is 1. The Morgan fingerprint density at radius 3 is 2.79 bits per heavy atom. The highest BCUT2D eigenvalue weighted by atomic mass is 35.5. The van der Waals surface area contributed by atoms with E-state index in [4.69, 9.17) is 17.3 Å². The number of benzene rings is 1. The lowest BCUT2D eigenvalue weighted by atomic mass is 10.1. The van der Waals surface area contributed by atoms with Gasteiger partial charge in [-0.1, -0.05) is 50.3 Å². The zero-order chi connectivity index (χ0) is 14.3. The van der Waals surface area contributed by atoms with Gasteiger partial charge in [0.15, 0.2) is 0 Å². The van der Waals surface area contributed by atoms with Crippen LogP contribution < -0.4 is 11.1 Å². The minimum absolute atomic E-state index is 0.150. The normalized spacial score (nSPS) is 12.2. The minimum Gasteiger partial charge on any atom is -0.397 e. The number of nitrogen functional groups attached to an aromatic ring is 1. The Balaban J connectivity index is 2.48. The summed E-state index contributed by atoms with van der Waals surface area (Å²) in [5.74, 6) is -0.150. The number of carbonyl (C=O) groups excluding carboxylic acids is 1. The Kier molecular flexibility index (Phi) is 6.71. The molecule has 1 unspecified atom stereocenters. The number of anilines is 1. The van der Waals surface area contributed by atoms with Gasteiger partial charge in [0.1, 0.15) is 0 Å². The maximum absolute atomic E-state index is 12.1. The van der Waals surface area contributed by atoms with Crippen molar-refractivity contribution in [3.8, 4) is 0 Å². The number of nitrogens with one attached hydrogen (secondary N) is 1. The minimum atomic E-state index is -0.150. The molecule has 1 aromatic carbocycles. The van der Waals surface area contributed by atoms with Gasteiger partial charge < -0.3 is 11.1 Å². The zero-order valence-corrected chi connectivity index (χ0v) is 12.5. The first-order chi connectivity index (χ1) is 9.06. The lowest BCUT2D eigenvalue weighted by Crippen LogP contribution is -2.33. The Bertz CT molecular complexity index is 421. The fraction of sp³-hybridized carbons (Fsp3) is 0.533. The molecule has 0 saturated carbocycles. The van der Waals surface area contributed by atoms with Gasteiger partial charge in [0.05, 0.1) is 16.3 Å². The topological polar surface area (TPSA) is 55.1 Å². The third-order valence-electron chi connectivity index (χ3n) is 3.17. The first-order valence-corrected chi connectivity index (χ1v) is 7.29. The molecule has 0 radical (unpaired) electrons. The first kappa shape index (κ1) is 15.8. The van der Waals surface area contributed by atoms with Crippen LogP contribution in [0, 0.1) is 0 Å². The van der Waals surface area contributed by atoms with Crippen LogP contribution in [0.25, 0.3) is 0 Å². The molecule has 3 nitrogen and oxygen atoms in total. The van der Waals surface area contributed by atoms with Crippen molar-refractivity contribution in [2.24, 2.45) is 0 Å². The summed E-state index contributed by atoms with van der Waals surface area (Å²) >= 11 is 5.91. The van der Waals surface area contributed by atoms with Crippen molar-refractivity contribution in [1.82, 2.24) is 5.32 Å². The quantitative estimate of drug-likeness (QED) is 0.586. The number of amides is 1. The Morgan fingerprint density at radius 1 is 1.37 bits per heavy atom. The summed E-state index contributed by atoms with van der Waals surface area (Å²) in [5, 5.41) is 3.38. The second-order valence-corrected chi connectivity index (χ2v) is 5.33. The van der Waals surface area contributed by atoms with Crippen LogP contribution in [0.5, 0.6) is 0 Å². The lowest BCUT2D eigenvalue weighted by Gasteiger charge is -2.15. The first-order valence-electron chi connectivity index (χ1n) is 6.91. The molecule has 106 valence electrons. The van der Waals surface area contributed by atoms with Crippen molar-refractivity contribution >= 4 is 23.2 Å². The number of para-hydroxylation sites is 1. The van der Waals surface area contributed by atoms with Crippen LogP contribution in [-0.4, -0.2) is 11.9 Å². The second kappa shape index (κ2) is 8.05. The smallest absolute Gasteiger partial charge is 0.253 e. The van der Waals surface area contributed by atoms with Crippen LogP contribution in [0.1, 0.15) is 56.3 Å². The van der Waals surface area contributed by atoms with Gasteiger partial charge in [-0.05, 0) is 25.5 Å². The molecule has 3 N–H and O–H groups in total. The maximum Gasteiger partial charge on any atom is 0.253 e. The summed E-state index contributed by atoms with van der Waals surface area (Å²) in [6.45, 7) is 4.21. The molecule has 1 rings (SSSR count). The summed E-state index contributed by atoms with van der Waals surface area (Å²) < 4.78 is 0. The summed E-state index contributed by atoms with van der Waals surface area (Å²) in [6, 6.07) is 5.27. The Morgan fingerprint density at radius 2 is 2.11 bits per heavy atom. The molecule has 1 amide bonds. The third kappa shape index (κ3) is 5.11. The molecule has 0 fully saturated rings. The number of unbranched alkanes of at least 4 members (excludes halogenated alkanes) is 3. The molecule has 0 saturated heterocycles. The Labute approximate surface area is 120 Å². The van der Waals surface area contributed by atoms with Crippen molar-refractivity contribution in [3.63, 3.8) is 0 Å². The van der Waals surface area contributed by atoms with Gasteiger partial charge in [0, 0.05) is 6.04 Å². The van der Waals surface area contributed by atoms with Gasteiger partial charge in [-0.15, -0.1) is 0 Å². The van der Waals surface area contributed by atoms with Crippen LogP contribution in [0.15, 0.2) is 18.2 Å². The van der Waals surface area contributed by atoms with Crippen LogP contribution in [0.4, 0.5) is 5.69 Å². The number of rotatable bonds is 7. The van der Waals surface area contributed by atoms with E-state index in [1.807, 2.05) is 6.92 Å². The highest BCUT2D eigenvalue weighted by molar-refractivity contribution is 6.33. The molecule has 0 aliphatic rings. The predicted octanol–water partition coefficient (Wildman–Crippen LogP) is 4.01. The second-order valence-electron chi connectivity index (χ2n) is 4.92. The largest absolute Gasteiger partial charge is 0.397 e. The van der Waals surface area contributed by atoms with Gasteiger partial charge in [0.2, 0.25) is 0 Å². The summed E-state index contributed by atoms with van der Waals surface area (Å²) in [7, 11) is 0. The Hall–Kier alpha value is -1.22. The highest BCUT2D eigenvalue weighted by Crippen LogP contribution is 2.22. The monoisotopic (exact) mass is 282 g/mol. The highest BCUT2D eigenvalue weighted by Gasteiger charge is 2.13. The fourth-order valence-electron chi connectivity index (χ4n) is 1.99. The molecule has 4 heteroatoms. The van der Waals surface area contributed by atoms with Gasteiger partial charge in [0.25, 0.3) is 5.91 Å². The van der Waals surface area contributed by atoms with E-state index in [0.29, 0.717) is 16.3 Å². The van der Waals surface area contributed by atoms with E-state index in [2.05, 4.69) is 12.2 Å². The third-order valence-corrected chi connectivity index (χ3v) is 3.50. The summed E-state index contributed by atoms with van der Waals surface area (Å²) in [6.07, 6.45) is 5.82. The lowest BCUT2D eigenvalue weighted by molar-refractivity contribution is 0.0939. The van der Waals surface area contributed by atoms with Gasteiger partial charge in [-0.2, -0.15) is 0 Å². The standard InChI is InChI=1S/C15H23ClN2O/c1-3-4-5-6-8-11(2)18-15(19)12-9-7-10-13(16)14(12)17/h7,9-11H,3-6,8,17H2,1-2H3,(H,18,19). The summed E-state index contributed by atoms with van der Waals surface area (Å²) in [5.41, 5.74) is 6.60. The molecule has 0 aliphatic heterocycles. The van der Waals surface area contributed by atoms with E-state index in [-0.39, 0.29) is 11.9 Å². The molecule has 19 heavy (non-hydrogen) atoms. The summed E-state index contributed by atoms with van der Waals surface area (Å²) in [4.78, 5) is 12.1. The molecule has 1 aromatic rings. The van der Waals surface area contributed by atoms with Gasteiger partial charge in [-0.3, -0.25) is 4.79 Å². The number of nitrogens with two attached hydrogens (primary N) is 1. The van der Waals surface area contributed by atoms with Crippen LogP contribution in [0.3, 0.4) is 0 Å².